The van der Waals surface area contributed by atoms with Gasteiger partial charge in [-0.15, -0.1) is 0 Å². The van der Waals surface area contributed by atoms with Gasteiger partial charge in [0, 0.05) is 6.42 Å². The summed E-state index contributed by atoms with van der Waals surface area (Å²) in [6.45, 7) is 7.19. The van der Waals surface area contributed by atoms with Crippen molar-refractivity contribution in [2.24, 2.45) is 40.4 Å². The number of fused-ring (bicyclic) bond motifs is 5. The topological polar surface area (TPSA) is 57.5 Å². The molecule has 0 aromatic carbocycles. The summed E-state index contributed by atoms with van der Waals surface area (Å²) in [6, 6.07) is 0. The SMILES string of the molecule is C[C@H](CCCC(=O)O)[C@@]1(O)CC[C@H]2[C@@H]3CCC4CCCC[C@]4(C)[C@H]3CC[C@@]21C. The molecule has 4 rings (SSSR count). The van der Waals surface area contributed by atoms with Crippen LogP contribution in [-0.2, 0) is 4.79 Å². The lowest BCUT2D eigenvalue weighted by molar-refractivity contribution is -0.169. The number of carboxylic acid groups (broad SMARTS) is 1. The van der Waals surface area contributed by atoms with Crippen molar-refractivity contribution in [2.45, 2.75) is 110 Å². The molecule has 3 heteroatoms. The first-order valence-electron chi connectivity index (χ1n) is 12.2. The Kier molecular flexibility index (Phi) is 5.39. The minimum Gasteiger partial charge on any atom is -0.481 e. The van der Waals surface area contributed by atoms with Gasteiger partial charge in [0.2, 0.25) is 0 Å². The standard InChI is InChI=1S/C25H42O3/c1-17(7-6-9-22(26)27)25(28)16-13-21-19-11-10-18-8-4-5-14-23(18,2)20(19)12-15-24(21,25)3/h17-21,28H,4-16H2,1-3H3,(H,26,27)/t17-,18?,19-,20+,21+,23+,24+,25+/m1/s1. The number of carboxylic acids is 1. The van der Waals surface area contributed by atoms with Gasteiger partial charge >= 0.3 is 5.97 Å². The molecule has 0 amide bonds. The van der Waals surface area contributed by atoms with E-state index in [1.165, 1.54) is 57.8 Å². The average molecular weight is 391 g/mol. The molecule has 4 saturated carbocycles. The molecular formula is C25H42O3. The van der Waals surface area contributed by atoms with Crippen LogP contribution < -0.4 is 0 Å². The number of aliphatic carboxylic acids is 1. The number of rotatable bonds is 5. The van der Waals surface area contributed by atoms with Crippen molar-refractivity contribution in [3.8, 4) is 0 Å². The smallest absolute Gasteiger partial charge is 0.303 e. The highest BCUT2D eigenvalue weighted by Gasteiger charge is 2.65. The second-order valence-corrected chi connectivity index (χ2v) is 11.5. The van der Waals surface area contributed by atoms with Gasteiger partial charge in [-0.3, -0.25) is 4.79 Å². The van der Waals surface area contributed by atoms with Gasteiger partial charge in [-0.2, -0.15) is 0 Å². The van der Waals surface area contributed by atoms with E-state index < -0.39 is 11.6 Å². The van der Waals surface area contributed by atoms with Crippen LogP contribution in [0.2, 0.25) is 0 Å². The molecule has 0 bridgehead atoms. The van der Waals surface area contributed by atoms with Gasteiger partial charge in [0.05, 0.1) is 5.60 Å². The average Bonchev–Trinajstić information content (AvgIpc) is 2.93. The zero-order chi connectivity index (χ0) is 20.2. The zero-order valence-electron chi connectivity index (χ0n) is 18.4. The predicted molar refractivity (Wildman–Crippen MR) is 112 cm³/mol. The molecule has 4 fully saturated rings. The Hall–Kier alpha value is -0.570. The van der Waals surface area contributed by atoms with Crippen molar-refractivity contribution in [2.75, 3.05) is 0 Å². The molecule has 1 unspecified atom stereocenters. The highest BCUT2D eigenvalue weighted by Crippen LogP contribution is 2.69. The first-order valence-corrected chi connectivity index (χ1v) is 12.2. The quantitative estimate of drug-likeness (QED) is 0.601. The first kappa shape index (κ1) is 20.7. The fraction of sp³-hybridized carbons (Fsp3) is 0.960. The van der Waals surface area contributed by atoms with E-state index >= 15 is 0 Å². The molecular weight excluding hydrogens is 348 g/mol. The van der Waals surface area contributed by atoms with Gasteiger partial charge in [-0.25, -0.2) is 0 Å². The van der Waals surface area contributed by atoms with Crippen LogP contribution in [0.25, 0.3) is 0 Å². The van der Waals surface area contributed by atoms with Crippen LogP contribution in [0.5, 0.6) is 0 Å². The van der Waals surface area contributed by atoms with Crippen LogP contribution in [-0.4, -0.2) is 21.8 Å². The minimum absolute atomic E-state index is 0.0225. The summed E-state index contributed by atoms with van der Waals surface area (Å²) >= 11 is 0. The van der Waals surface area contributed by atoms with Gasteiger partial charge in [0.15, 0.2) is 0 Å². The summed E-state index contributed by atoms with van der Waals surface area (Å²) in [4.78, 5) is 10.9. The van der Waals surface area contributed by atoms with Crippen LogP contribution in [0.4, 0.5) is 0 Å². The van der Waals surface area contributed by atoms with Crippen LogP contribution in [0, 0.1) is 40.4 Å². The Labute approximate surface area is 171 Å². The third-order valence-corrected chi connectivity index (χ3v) is 10.6. The van der Waals surface area contributed by atoms with Crippen LogP contribution >= 0.6 is 0 Å². The third-order valence-electron chi connectivity index (χ3n) is 10.6. The van der Waals surface area contributed by atoms with Gasteiger partial charge < -0.3 is 10.2 Å². The van der Waals surface area contributed by atoms with E-state index in [-0.39, 0.29) is 17.8 Å². The first-order chi connectivity index (χ1) is 13.2. The predicted octanol–water partition coefficient (Wildman–Crippen LogP) is 6.04. The van der Waals surface area contributed by atoms with Crippen molar-refractivity contribution in [3.05, 3.63) is 0 Å². The Bertz CT molecular complexity index is 603. The second kappa shape index (κ2) is 7.29. The van der Waals surface area contributed by atoms with E-state index in [1.54, 1.807) is 0 Å². The van der Waals surface area contributed by atoms with Gasteiger partial charge in [0.25, 0.3) is 0 Å². The Morgan fingerprint density at radius 1 is 1.00 bits per heavy atom. The lowest BCUT2D eigenvalue weighted by Crippen LogP contribution is -2.57. The van der Waals surface area contributed by atoms with E-state index in [9.17, 15) is 9.90 Å². The lowest BCUT2D eigenvalue weighted by Gasteiger charge is -2.61. The summed E-state index contributed by atoms with van der Waals surface area (Å²) in [5.41, 5.74) is -0.0313. The molecule has 160 valence electrons. The lowest BCUT2D eigenvalue weighted by atomic mass is 9.44. The number of carbonyl (C=O) groups is 1. The molecule has 0 aromatic rings. The van der Waals surface area contributed by atoms with Gasteiger partial charge in [0.1, 0.15) is 0 Å². The van der Waals surface area contributed by atoms with E-state index in [2.05, 4.69) is 20.8 Å². The van der Waals surface area contributed by atoms with Crippen molar-refractivity contribution in [1.29, 1.82) is 0 Å². The normalized spacial score (nSPS) is 49.0. The van der Waals surface area contributed by atoms with E-state index in [0.29, 0.717) is 17.8 Å². The van der Waals surface area contributed by atoms with Crippen LogP contribution in [0.15, 0.2) is 0 Å². The highest BCUT2D eigenvalue weighted by molar-refractivity contribution is 5.66. The van der Waals surface area contributed by atoms with Crippen LogP contribution in [0.3, 0.4) is 0 Å². The maximum absolute atomic E-state index is 11.9. The summed E-state index contributed by atoms with van der Waals surface area (Å²) in [7, 11) is 0. The monoisotopic (exact) mass is 390 g/mol. The zero-order valence-corrected chi connectivity index (χ0v) is 18.4. The molecule has 0 saturated heterocycles. The minimum atomic E-state index is -0.715. The fourth-order valence-corrected chi connectivity index (χ4v) is 8.95. The molecule has 8 atom stereocenters. The van der Waals surface area contributed by atoms with Gasteiger partial charge in [-0.05, 0) is 105 Å². The van der Waals surface area contributed by atoms with Crippen LogP contribution in [0.1, 0.15) is 104 Å². The maximum Gasteiger partial charge on any atom is 0.303 e. The highest BCUT2D eigenvalue weighted by atomic mass is 16.4. The molecule has 0 heterocycles. The summed E-state index contributed by atoms with van der Waals surface area (Å²) in [5, 5.41) is 20.9. The van der Waals surface area contributed by atoms with Crippen molar-refractivity contribution < 1.29 is 15.0 Å². The third kappa shape index (κ3) is 2.97. The summed E-state index contributed by atoms with van der Waals surface area (Å²) < 4.78 is 0. The molecule has 0 radical (unpaired) electrons. The fourth-order valence-electron chi connectivity index (χ4n) is 8.95. The summed E-state index contributed by atoms with van der Waals surface area (Å²) in [5.74, 6) is 2.76. The largest absolute Gasteiger partial charge is 0.481 e. The molecule has 0 aliphatic heterocycles. The van der Waals surface area contributed by atoms with Crippen molar-refractivity contribution in [3.63, 3.8) is 0 Å². The second-order valence-electron chi connectivity index (χ2n) is 11.5. The van der Waals surface area contributed by atoms with E-state index in [0.717, 1.165) is 30.6 Å². The molecule has 0 spiro atoms. The number of hydrogen-bond acceptors (Lipinski definition) is 2. The molecule has 2 N–H and O–H groups in total. The Morgan fingerprint density at radius 2 is 1.75 bits per heavy atom. The maximum atomic E-state index is 11.9. The number of hydrogen-bond donors (Lipinski definition) is 2. The summed E-state index contributed by atoms with van der Waals surface area (Å²) in [6.07, 6.45) is 14.8. The Morgan fingerprint density at radius 3 is 2.50 bits per heavy atom. The van der Waals surface area contributed by atoms with Gasteiger partial charge in [-0.1, -0.05) is 33.6 Å². The van der Waals surface area contributed by atoms with E-state index in [4.69, 9.17) is 5.11 Å². The molecule has 0 aromatic heterocycles. The van der Waals surface area contributed by atoms with E-state index in [1.807, 2.05) is 0 Å². The molecule has 4 aliphatic rings. The molecule has 3 nitrogen and oxygen atoms in total. The van der Waals surface area contributed by atoms with Crippen molar-refractivity contribution in [1.82, 2.24) is 0 Å². The molecule has 4 aliphatic carbocycles. The molecule has 28 heavy (non-hydrogen) atoms. The number of aliphatic hydroxyl groups is 1. The van der Waals surface area contributed by atoms with Crippen molar-refractivity contribution >= 4 is 5.97 Å². The Balaban J connectivity index is 1.52.